The molecule has 2 aromatic rings. The van der Waals surface area contributed by atoms with E-state index in [0.29, 0.717) is 13.1 Å². The summed E-state index contributed by atoms with van der Waals surface area (Å²) in [4.78, 5) is 15.3. The van der Waals surface area contributed by atoms with E-state index < -0.39 is 25.7 Å². The first-order chi connectivity index (χ1) is 14.1. The highest BCUT2D eigenvalue weighted by Gasteiger charge is 2.33. The van der Waals surface area contributed by atoms with Crippen molar-refractivity contribution in [3.8, 4) is 0 Å². The summed E-state index contributed by atoms with van der Waals surface area (Å²) >= 11 is 0. The van der Waals surface area contributed by atoms with Crippen LogP contribution >= 0.6 is 0 Å². The van der Waals surface area contributed by atoms with Gasteiger partial charge in [0.25, 0.3) is 0 Å². The summed E-state index contributed by atoms with van der Waals surface area (Å²) in [5.74, 6) is -0.154. The van der Waals surface area contributed by atoms with Crippen molar-refractivity contribution in [2.75, 3.05) is 30.9 Å². The van der Waals surface area contributed by atoms with Crippen LogP contribution in [0, 0.1) is 0 Å². The first kappa shape index (κ1) is 22.5. The van der Waals surface area contributed by atoms with Crippen molar-refractivity contribution in [3.05, 3.63) is 65.7 Å². The fourth-order valence-corrected chi connectivity index (χ4v) is 5.39. The van der Waals surface area contributed by atoms with Gasteiger partial charge in [0.2, 0.25) is 5.91 Å². The number of nitrogens with one attached hydrogen (secondary N) is 1. The predicted molar refractivity (Wildman–Crippen MR) is 116 cm³/mol. The first-order valence-electron chi connectivity index (χ1n) is 9.67. The maximum atomic E-state index is 13.2. The van der Waals surface area contributed by atoms with Crippen LogP contribution in [0.1, 0.15) is 30.1 Å². The number of benzene rings is 2. The van der Waals surface area contributed by atoms with E-state index in [2.05, 4.69) is 5.32 Å². The molecule has 1 heterocycles. The van der Waals surface area contributed by atoms with Crippen molar-refractivity contribution in [2.24, 2.45) is 0 Å². The standard InChI is InChI=1S/C21H26N2O5S2/c1-16(17-8-10-19(11-9-17)29(2,25)26)22-21(24)20(18-6-4-3-5-7-18)23-12-14-30(27,28)15-13-23/h3-11,16,20H,12-15H2,1-2H3,(H,22,24). The first-order valence-corrected chi connectivity index (χ1v) is 13.4. The molecule has 162 valence electrons. The summed E-state index contributed by atoms with van der Waals surface area (Å²) in [7, 11) is -6.35. The van der Waals surface area contributed by atoms with Crippen LogP contribution in [0.4, 0.5) is 0 Å². The van der Waals surface area contributed by atoms with Gasteiger partial charge in [0.05, 0.1) is 22.4 Å². The molecule has 1 fully saturated rings. The third kappa shape index (κ3) is 5.47. The molecule has 1 N–H and O–H groups in total. The number of hydrogen-bond donors (Lipinski definition) is 1. The van der Waals surface area contributed by atoms with Gasteiger partial charge in [-0.25, -0.2) is 16.8 Å². The van der Waals surface area contributed by atoms with Crippen LogP contribution in [0.15, 0.2) is 59.5 Å². The third-order valence-electron chi connectivity index (χ3n) is 5.27. The van der Waals surface area contributed by atoms with Crippen LogP contribution in [0.25, 0.3) is 0 Å². The molecule has 3 rings (SSSR count). The minimum Gasteiger partial charge on any atom is -0.348 e. The molecule has 0 bridgehead atoms. The molecule has 0 radical (unpaired) electrons. The van der Waals surface area contributed by atoms with Crippen molar-refractivity contribution in [1.82, 2.24) is 10.2 Å². The Morgan fingerprint density at radius 1 is 0.967 bits per heavy atom. The lowest BCUT2D eigenvalue weighted by atomic mass is 10.0. The quantitative estimate of drug-likeness (QED) is 0.720. The number of carbonyl (C=O) groups excluding carboxylic acids is 1. The van der Waals surface area contributed by atoms with Crippen molar-refractivity contribution < 1.29 is 21.6 Å². The Morgan fingerprint density at radius 3 is 2.07 bits per heavy atom. The van der Waals surface area contributed by atoms with Crippen LogP contribution in [0.3, 0.4) is 0 Å². The number of amides is 1. The molecule has 1 amide bonds. The number of nitrogens with zero attached hydrogens (tertiary/aromatic N) is 1. The zero-order valence-corrected chi connectivity index (χ0v) is 18.6. The van der Waals surface area contributed by atoms with E-state index in [-0.39, 0.29) is 28.4 Å². The maximum absolute atomic E-state index is 13.2. The highest BCUT2D eigenvalue weighted by atomic mass is 32.2. The largest absolute Gasteiger partial charge is 0.348 e. The Hall–Kier alpha value is -2.23. The fourth-order valence-electron chi connectivity index (χ4n) is 3.53. The number of sulfone groups is 2. The SMILES string of the molecule is CC(NC(=O)C(c1ccccc1)N1CCS(=O)(=O)CC1)c1ccc(S(C)(=O)=O)cc1. The van der Waals surface area contributed by atoms with Gasteiger partial charge in [-0.15, -0.1) is 0 Å². The smallest absolute Gasteiger partial charge is 0.242 e. The van der Waals surface area contributed by atoms with Gasteiger partial charge in [-0.3, -0.25) is 9.69 Å². The van der Waals surface area contributed by atoms with Crippen LogP contribution in [-0.2, 0) is 24.5 Å². The van der Waals surface area contributed by atoms with Crippen molar-refractivity contribution in [1.29, 1.82) is 0 Å². The minimum absolute atomic E-state index is 0.0339. The number of hydrogen-bond acceptors (Lipinski definition) is 6. The summed E-state index contributed by atoms with van der Waals surface area (Å²) in [5.41, 5.74) is 1.58. The molecule has 9 heteroatoms. The molecule has 1 saturated heterocycles. The highest BCUT2D eigenvalue weighted by molar-refractivity contribution is 7.91. The van der Waals surface area contributed by atoms with E-state index in [4.69, 9.17) is 0 Å². The van der Waals surface area contributed by atoms with Gasteiger partial charge < -0.3 is 5.32 Å². The molecule has 7 nitrogen and oxygen atoms in total. The molecule has 0 spiro atoms. The van der Waals surface area contributed by atoms with E-state index in [9.17, 15) is 21.6 Å². The van der Waals surface area contributed by atoms with Gasteiger partial charge >= 0.3 is 0 Å². The van der Waals surface area contributed by atoms with E-state index in [1.165, 1.54) is 12.1 Å². The summed E-state index contributed by atoms with van der Waals surface area (Å²) in [6.45, 7) is 2.43. The molecule has 2 aromatic carbocycles. The lowest BCUT2D eigenvalue weighted by Crippen LogP contribution is -2.47. The second-order valence-electron chi connectivity index (χ2n) is 7.57. The lowest BCUT2D eigenvalue weighted by molar-refractivity contribution is -0.127. The monoisotopic (exact) mass is 450 g/mol. The average molecular weight is 451 g/mol. The summed E-state index contributed by atoms with van der Waals surface area (Å²) in [6, 6.07) is 14.8. The van der Waals surface area contributed by atoms with Crippen molar-refractivity contribution >= 4 is 25.6 Å². The molecule has 1 aliphatic heterocycles. The lowest BCUT2D eigenvalue weighted by Gasteiger charge is -2.34. The second-order valence-corrected chi connectivity index (χ2v) is 11.9. The van der Waals surface area contributed by atoms with Crippen molar-refractivity contribution in [2.45, 2.75) is 23.9 Å². The zero-order chi connectivity index (χ0) is 21.9. The normalized spacial score (nSPS) is 19.0. The maximum Gasteiger partial charge on any atom is 0.242 e. The van der Waals surface area contributed by atoms with Crippen LogP contribution in [0.2, 0.25) is 0 Å². The minimum atomic E-state index is -3.28. The Kier molecular flexibility index (Phi) is 6.64. The predicted octanol–water partition coefficient (Wildman–Crippen LogP) is 1.74. The van der Waals surface area contributed by atoms with Gasteiger partial charge in [0.1, 0.15) is 6.04 Å². The molecular formula is C21H26N2O5S2. The number of carbonyl (C=O) groups is 1. The number of rotatable bonds is 6. The Morgan fingerprint density at radius 2 is 1.53 bits per heavy atom. The molecule has 2 unspecified atom stereocenters. The average Bonchev–Trinajstić information content (AvgIpc) is 2.69. The molecular weight excluding hydrogens is 424 g/mol. The second kappa shape index (κ2) is 8.87. The fraction of sp³-hybridized carbons (Fsp3) is 0.381. The summed E-state index contributed by atoms with van der Waals surface area (Å²) in [5, 5.41) is 2.99. The van der Waals surface area contributed by atoms with Gasteiger partial charge in [0, 0.05) is 19.3 Å². The highest BCUT2D eigenvalue weighted by Crippen LogP contribution is 2.25. The Balaban J connectivity index is 1.79. The summed E-state index contributed by atoms with van der Waals surface area (Å²) < 4.78 is 46.9. The molecule has 0 saturated carbocycles. The van der Waals surface area contributed by atoms with Crippen LogP contribution < -0.4 is 5.32 Å². The molecule has 2 atom stereocenters. The van der Waals surface area contributed by atoms with Gasteiger partial charge in [0.15, 0.2) is 19.7 Å². The van der Waals surface area contributed by atoms with Crippen LogP contribution in [0.5, 0.6) is 0 Å². The van der Waals surface area contributed by atoms with E-state index >= 15 is 0 Å². The summed E-state index contributed by atoms with van der Waals surface area (Å²) in [6.07, 6.45) is 1.15. The van der Waals surface area contributed by atoms with Crippen molar-refractivity contribution in [3.63, 3.8) is 0 Å². The van der Waals surface area contributed by atoms with E-state index in [0.717, 1.165) is 17.4 Å². The topological polar surface area (TPSA) is 101 Å². The van der Waals surface area contributed by atoms with Gasteiger partial charge in [-0.2, -0.15) is 0 Å². The zero-order valence-electron chi connectivity index (χ0n) is 17.0. The molecule has 0 aliphatic carbocycles. The van der Waals surface area contributed by atoms with Crippen LogP contribution in [-0.4, -0.2) is 58.5 Å². The van der Waals surface area contributed by atoms with E-state index in [1.807, 2.05) is 42.2 Å². The molecule has 1 aliphatic rings. The third-order valence-corrected chi connectivity index (χ3v) is 8.01. The molecule has 0 aromatic heterocycles. The Labute approximate surface area is 177 Å². The van der Waals surface area contributed by atoms with Gasteiger partial charge in [-0.05, 0) is 30.2 Å². The molecule has 30 heavy (non-hydrogen) atoms. The van der Waals surface area contributed by atoms with Gasteiger partial charge in [-0.1, -0.05) is 42.5 Å². The Bertz CT molecular complexity index is 1080. The van der Waals surface area contributed by atoms with E-state index in [1.54, 1.807) is 12.1 Å².